The van der Waals surface area contributed by atoms with Crippen molar-refractivity contribution in [1.82, 2.24) is 0 Å². The maximum atomic E-state index is 11.8. The number of imide groups is 1. The highest BCUT2D eigenvalue weighted by Gasteiger charge is 2.40. The highest BCUT2D eigenvalue weighted by Crippen LogP contribution is 2.23. The first kappa shape index (κ1) is 11.4. The monoisotopic (exact) mass is 331 g/mol. The molecule has 2 amide bonds. The highest BCUT2D eigenvalue weighted by atomic mass is 127. The van der Waals surface area contributed by atoms with Crippen molar-refractivity contribution in [2.24, 2.45) is 0 Å². The molecule has 0 spiro atoms. The minimum absolute atomic E-state index is 0.289. The first-order valence-corrected chi connectivity index (χ1v) is 6.33. The van der Waals surface area contributed by atoms with Crippen LogP contribution >= 0.6 is 22.6 Å². The molecule has 1 fully saturated rings. The zero-order chi connectivity index (χ0) is 11.7. The molecule has 4 nitrogen and oxygen atoms in total. The molecule has 16 heavy (non-hydrogen) atoms. The molecule has 84 valence electrons. The average molecular weight is 331 g/mol. The predicted molar refractivity (Wildman–Crippen MR) is 67.8 cm³/mol. The summed E-state index contributed by atoms with van der Waals surface area (Å²) in [6.45, 7) is 1.95. The highest BCUT2D eigenvalue weighted by molar-refractivity contribution is 14.1. The Morgan fingerprint density at radius 3 is 2.44 bits per heavy atom. The second-order valence-corrected chi connectivity index (χ2v) is 4.42. The minimum Gasteiger partial charge on any atom is -0.435 e. The Balaban J connectivity index is 2.31. The number of carbonyl (C=O) groups excluding carboxylic acids is 2. The van der Waals surface area contributed by atoms with Crippen molar-refractivity contribution in [1.29, 1.82) is 0 Å². The van der Waals surface area contributed by atoms with Gasteiger partial charge in [-0.2, -0.15) is 0 Å². The van der Waals surface area contributed by atoms with E-state index in [4.69, 9.17) is 4.74 Å². The van der Waals surface area contributed by atoms with Crippen LogP contribution in [0.15, 0.2) is 24.3 Å². The molecule has 1 heterocycles. The number of ether oxygens (including phenoxy) is 1. The molecule has 1 aliphatic rings. The van der Waals surface area contributed by atoms with Crippen molar-refractivity contribution in [3.8, 4) is 0 Å². The second kappa shape index (κ2) is 4.40. The Morgan fingerprint density at radius 2 is 1.94 bits per heavy atom. The van der Waals surface area contributed by atoms with E-state index in [1.807, 2.05) is 41.6 Å². The summed E-state index contributed by atoms with van der Waals surface area (Å²) < 4.78 is 5.43. The predicted octanol–water partition coefficient (Wildman–Crippen LogP) is 2.28. The van der Waals surface area contributed by atoms with Gasteiger partial charge in [-0.1, -0.05) is 40.3 Å². The number of rotatable bonds is 2. The zero-order valence-corrected chi connectivity index (χ0v) is 10.8. The topological polar surface area (TPSA) is 46.6 Å². The molecule has 1 aromatic rings. The van der Waals surface area contributed by atoms with Crippen LogP contribution in [0.25, 0.3) is 0 Å². The Morgan fingerprint density at radius 1 is 1.31 bits per heavy atom. The van der Waals surface area contributed by atoms with E-state index in [0.29, 0.717) is 10.1 Å². The Labute approximate surface area is 107 Å². The van der Waals surface area contributed by atoms with Crippen molar-refractivity contribution in [2.45, 2.75) is 13.0 Å². The van der Waals surface area contributed by atoms with Crippen molar-refractivity contribution in [2.75, 3.05) is 9.33 Å². The van der Waals surface area contributed by atoms with E-state index < -0.39 is 12.2 Å². The third kappa shape index (κ3) is 1.91. The molecule has 5 heteroatoms. The summed E-state index contributed by atoms with van der Waals surface area (Å²) >= 11 is 2.02. The Kier molecular flexibility index (Phi) is 3.13. The molecule has 0 aliphatic carbocycles. The SMILES string of the molecule is Cc1ccc(N2C(=O)OC(CI)C2=O)cc1. The van der Waals surface area contributed by atoms with E-state index >= 15 is 0 Å². The second-order valence-electron chi connectivity index (χ2n) is 3.54. The third-order valence-corrected chi connectivity index (χ3v) is 3.15. The van der Waals surface area contributed by atoms with Crippen LogP contribution in [0.2, 0.25) is 0 Å². The summed E-state index contributed by atoms with van der Waals surface area (Å²) in [7, 11) is 0. The first-order chi connectivity index (χ1) is 7.63. The summed E-state index contributed by atoms with van der Waals surface area (Å²) in [4.78, 5) is 24.4. The number of amides is 2. The molecule has 0 radical (unpaired) electrons. The smallest absolute Gasteiger partial charge is 0.422 e. The first-order valence-electron chi connectivity index (χ1n) is 4.80. The molecule has 1 atom stereocenters. The molecule has 0 saturated carbocycles. The fraction of sp³-hybridized carbons (Fsp3) is 0.273. The molecule has 0 N–H and O–H groups in total. The molecular weight excluding hydrogens is 321 g/mol. The fourth-order valence-corrected chi connectivity index (χ4v) is 2.04. The lowest BCUT2D eigenvalue weighted by atomic mass is 10.2. The van der Waals surface area contributed by atoms with Crippen LogP contribution in [0.5, 0.6) is 0 Å². The normalized spacial score (nSPS) is 20.1. The van der Waals surface area contributed by atoms with Crippen molar-refractivity contribution in [3.05, 3.63) is 29.8 Å². The van der Waals surface area contributed by atoms with E-state index in [1.54, 1.807) is 12.1 Å². The number of hydrogen-bond acceptors (Lipinski definition) is 3. The largest absolute Gasteiger partial charge is 0.435 e. The van der Waals surface area contributed by atoms with Crippen LogP contribution in [-0.4, -0.2) is 22.5 Å². The summed E-state index contributed by atoms with van der Waals surface area (Å²) in [5.41, 5.74) is 1.64. The van der Waals surface area contributed by atoms with Crippen molar-refractivity contribution >= 4 is 40.3 Å². The lowest BCUT2D eigenvalue weighted by Gasteiger charge is -2.10. The van der Waals surface area contributed by atoms with Gasteiger partial charge in [0.1, 0.15) is 0 Å². The number of anilines is 1. The van der Waals surface area contributed by atoms with E-state index in [0.717, 1.165) is 10.5 Å². The summed E-state index contributed by atoms with van der Waals surface area (Å²) in [5, 5.41) is 0. The van der Waals surface area contributed by atoms with Gasteiger partial charge in [0.15, 0.2) is 6.10 Å². The molecule has 1 saturated heterocycles. The molecular formula is C11H10INO3. The molecule has 1 aliphatic heterocycles. The van der Waals surface area contributed by atoms with Gasteiger partial charge in [-0.25, -0.2) is 9.69 Å². The number of cyclic esters (lactones) is 1. The summed E-state index contributed by atoms with van der Waals surface area (Å²) in [6.07, 6.45) is -1.23. The van der Waals surface area contributed by atoms with Gasteiger partial charge in [-0.05, 0) is 19.1 Å². The molecule has 2 rings (SSSR count). The van der Waals surface area contributed by atoms with E-state index in [9.17, 15) is 9.59 Å². The summed E-state index contributed by atoms with van der Waals surface area (Å²) in [5.74, 6) is -0.289. The molecule has 1 unspecified atom stereocenters. The number of nitrogens with zero attached hydrogens (tertiary/aromatic N) is 1. The van der Waals surface area contributed by atoms with Crippen LogP contribution in [0, 0.1) is 6.92 Å². The van der Waals surface area contributed by atoms with Gasteiger partial charge < -0.3 is 4.74 Å². The van der Waals surface area contributed by atoms with Crippen molar-refractivity contribution < 1.29 is 14.3 Å². The summed E-state index contributed by atoms with van der Waals surface area (Å²) in [6, 6.07) is 7.19. The standard InChI is InChI=1S/C11H10INO3/c1-7-2-4-8(5-3-7)13-10(14)9(6-12)16-11(13)15/h2-5,9H,6H2,1H3. The van der Waals surface area contributed by atoms with Gasteiger partial charge in [-0.3, -0.25) is 4.79 Å². The number of carbonyl (C=O) groups is 2. The van der Waals surface area contributed by atoms with Crippen LogP contribution in [-0.2, 0) is 9.53 Å². The van der Waals surface area contributed by atoms with E-state index in [1.165, 1.54) is 0 Å². The van der Waals surface area contributed by atoms with Crippen LogP contribution in [0.3, 0.4) is 0 Å². The van der Waals surface area contributed by atoms with Crippen LogP contribution in [0.4, 0.5) is 10.5 Å². The van der Waals surface area contributed by atoms with Crippen LogP contribution in [0.1, 0.15) is 5.56 Å². The number of aryl methyl sites for hydroxylation is 1. The van der Waals surface area contributed by atoms with Gasteiger partial charge in [-0.15, -0.1) is 0 Å². The average Bonchev–Trinajstić information content (AvgIpc) is 2.56. The van der Waals surface area contributed by atoms with Gasteiger partial charge in [0, 0.05) is 4.43 Å². The number of halogens is 1. The molecule has 1 aromatic carbocycles. The van der Waals surface area contributed by atoms with Gasteiger partial charge >= 0.3 is 6.09 Å². The maximum Gasteiger partial charge on any atom is 0.422 e. The number of hydrogen-bond donors (Lipinski definition) is 0. The van der Waals surface area contributed by atoms with E-state index in [-0.39, 0.29) is 5.91 Å². The quantitative estimate of drug-likeness (QED) is 0.617. The Hall–Kier alpha value is -1.11. The lowest BCUT2D eigenvalue weighted by Crippen LogP contribution is -2.31. The van der Waals surface area contributed by atoms with Gasteiger partial charge in [0.2, 0.25) is 0 Å². The third-order valence-electron chi connectivity index (χ3n) is 2.35. The number of alkyl halides is 1. The van der Waals surface area contributed by atoms with Crippen molar-refractivity contribution in [3.63, 3.8) is 0 Å². The fourth-order valence-electron chi connectivity index (χ4n) is 1.48. The Bertz CT molecular complexity index is 429. The zero-order valence-electron chi connectivity index (χ0n) is 8.64. The number of benzene rings is 1. The molecule has 0 aromatic heterocycles. The lowest BCUT2D eigenvalue weighted by molar-refractivity contribution is -0.120. The van der Waals surface area contributed by atoms with Gasteiger partial charge in [0.25, 0.3) is 5.91 Å². The minimum atomic E-state index is -0.644. The molecule has 0 bridgehead atoms. The maximum absolute atomic E-state index is 11.8. The van der Waals surface area contributed by atoms with E-state index in [2.05, 4.69) is 0 Å². The van der Waals surface area contributed by atoms with Gasteiger partial charge in [0.05, 0.1) is 5.69 Å². The van der Waals surface area contributed by atoms with Crippen LogP contribution < -0.4 is 4.90 Å².